The number of anilines is 1. The molecule has 2 heterocycles. The van der Waals surface area contributed by atoms with E-state index in [9.17, 15) is 9.59 Å². The Balaban J connectivity index is 1.54. The third kappa shape index (κ3) is 5.07. The Hall–Kier alpha value is -2.94. The molecule has 2 N–H and O–H groups in total. The lowest BCUT2D eigenvalue weighted by atomic mass is 9.98. The zero-order chi connectivity index (χ0) is 19.9. The minimum atomic E-state index is -0.179. The Morgan fingerprint density at radius 3 is 2.79 bits per heavy atom. The quantitative estimate of drug-likeness (QED) is 0.735. The number of nitrogens with zero attached hydrogens (tertiary/aromatic N) is 3. The fourth-order valence-corrected chi connectivity index (χ4v) is 3.13. The van der Waals surface area contributed by atoms with Crippen LogP contribution < -0.4 is 10.6 Å². The van der Waals surface area contributed by atoms with Crippen LogP contribution in [0.4, 0.5) is 10.5 Å². The average Bonchev–Trinajstić information content (AvgIpc) is 3.15. The summed E-state index contributed by atoms with van der Waals surface area (Å²) in [6.45, 7) is 3.89. The summed E-state index contributed by atoms with van der Waals surface area (Å²) in [6.07, 6.45) is 1.81. The van der Waals surface area contributed by atoms with Crippen LogP contribution in [0.1, 0.15) is 40.8 Å². The number of rotatable bonds is 6. The van der Waals surface area contributed by atoms with Crippen LogP contribution in [0, 0.1) is 6.92 Å². The standard InChI is InChI=1S/C19H25N5O4/c1-13-21-17(23-28-13)15-4-3-10-24(12-15)19(26)22-16-7-5-14(6-8-16)18(25)20-9-11-27-2/h5-8,15H,3-4,9-12H2,1-2H3,(H,20,25)(H,22,26)/t15-/m1/s1. The van der Waals surface area contributed by atoms with Crippen molar-refractivity contribution >= 4 is 17.6 Å². The number of nitrogens with one attached hydrogen (secondary N) is 2. The Labute approximate surface area is 163 Å². The van der Waals surface area contributed by atoms with Gasteiger partial charge in [-0.2, -0.15) is 4.98 Å². The molecule has 3 amide bonds. The highest BCUT2D eigenvalue weighted by molar-refractivity contribution is 5.95. The summed E-state index contributed by atoms with van der Waals surface area (Å²) < 4.78 is 9.96. The van der Waals surface area contributed by atoms with Crippen LogP contribution in [0.15, 0.2) is 28.8 Å². The smallest absolute Gasteiger partial charge is 0.321 e. The summed E-state index contributed by atoms with van der Waals surface area (Å²) in [4.78, 5) is 30.6. The molecule has 9 heteroatoms. The summed E-state index contributed by atoms with van der Waals surface area (Å²) in [7, 11) is 1.58. The van der Waals surface area contributed by atoms with Gasteiger partial charge in [0.2, 0.25) is 5.89 Å². The molecule has 1 aromatic heterocycles. The maximum atomic E-state index is 12.6. The summed E-state index contributed by atoms with van der Waals surface area (Å²) in [5.74, 6) is 1.08. The predicted molar refractivity (Wildman–Crippen MR) is 102 cm³/mol. The first-order chi connectivity index (χ1) is 13.6. The number of carbonyl (C=O) groups is 2. The van der Waals surface area contributed by atoms with Crippen LogP contribution in [0.25, 0.3) is 0 Å². The van der Waals surface area contributed by atoms with Gasteiger partial charge in [-0.25, -0.2) is 4.79 Å². The van der Waals surface area contributed by atoms with E-state index >= 15 is 0 Å². The summed E-state index contributed by atoms with van der Waals surface area (Å²) >= 11 is 0. The molecular weight excluding hydrogens is 362 g/mol. The van der Waals surface area contributed by atoms with Crippen LogP contribution >= 0.6 is 0 Å². The van der Waals surface area contributed by atoms with Crippen LogP contribution in [0.2, 0.25) is 0 Å². The van der Waals surface area contributed by atoms with Crippen molar-refractivity contribution in [3.05, 3.63) is 41.5 Å². The fraction of sp³-hybridized carbons (Fsp3) is 0.474. The molecule has 1 aromatic carbocycles. The summed E-state index contributed by atoms with van der Waals surface area (Å²) in [6, 6.07) is 6.61. The van der Waals surface area contributed by atoms with Crippen molar-refractivity contribution < 1.29 is 18.8 Å². The number of carbonyl (C=O) groups excluding carboxylic acids is 2. The molecule has 0 spiro atoms. The van der Waals surface area contributed by atoms with Crippen LogP contribution in [-0.4, -0.2) is 60.3 Å². The molecule has 1 saturated heterocycles. The van der Waals surface area contributed by atoms with Crippen molar-refractivity contribution in [3.63, 3.8) is 0 Å². The molecule has 3 rings (SSSR count). The molecule has 28 heavy (non-hydrogen) atoms. The number of piperidine rings is 1. The number of amides is 3. The van der Waals surface area contributed by atoms with Crippen LogP contribution in [0.3, 0.4) is 0 Å². The van der Waals surface area contributed by atoms with E-state index in [1.807, 2.05) is 0 Å². The first-order valence-corrected chi connectivity index (χ1v) is 9.30. The van der Waals surface area contributed by atoms with Gasteiger partial charge in [-0.15, -0.1) is 0 Å². The van der Waals surface area contributed by atoms with E-state index in [0.29, 0.717) is 49.2 Å². The number of aryl methyl sites for hydroxylation is 1. The normalized spacial score (nSPS) is 16.6. The topological polar surface area (TPSA) is 110 Å². The fourth-order valence-electron chi connectivity index (χ4n) is 3.13. The number of urea groups is 1. The van der Waals surface area contributed by atoms with E-state index in [1.165, 1.54) is 0 Å². The van der Waals surface area contributed by atoms with Crippen LogP contribution in [-0.2, 0) is 4.74 Å². The van der Waals surface area contributed by atoms with Crippen molar-refractivity contribution in [2.24, 2.45) is 0 Å². The number of methoxy groups -OCH3 is 1. The van der Waals surface area contributed by atoms with Gasteiger partial charge < -0.3 is 24.8 Å². The second kappa shape index (κ2) is 9.32. The molecule has 1 aliphatic heterocycles. The van der Waals surface area contributed by atoms with Gasteiger partial charge in [0, 0.05) is 50.8 Å². The summed E-state index contributed by atoms with van der Waals surface area (Å²) in [5, 5.41) is 9.61. The van der Waals surface area contributed by atoms with Crippen LogP contribution in [0.5, 0.6) is 0 Å². The maximum Gasteiger partial charge on any atom is 0.321 e. The highest BCUT2D eigenvalue weighted by atomic mass is 16.5. The van der Waals surface area contributed by atoms with E-state index < -0.39 is 0 Å². The van der Waals surface area contributed by atoms with E-state index in [4.69, 9.17) is 9.26 Å². The number of ether oxygens (including phenoxy) is 1. The average molecular weight is 387 g/mol. The molecule has 1 atom stereocenters. The van der Waals surface area contributed by atoms with Gasteiger partial charge in [-0.05, 0) is 37.1 Å². The molecule has 0 radical (unpaired) electrons. The molecule has 0 aliphatic carbocycles. The minimum absolute atomic E-state index is 0.0788. The number of aromatic nitrogens is 2. The van der Waals surface area contributed by atoms with Gasteiger partial charge in [0.1, 0.15) is 0 Å². The predicted octanol–water partition coefficient (Wildman–Crippen LogP) is 2.17. The Kier molecular flexibility index (Phi) is 6.59. The first kappa shape index (κ1) is 19.8. The van der Waals surface area contributed by atoms with Crippen molar-refractivity contribution in [1.82, 2.24) is 20.4 Å². The number of likely N-dealkylation sites (tertiary alicyclic amines) is 1. The molecule has 0 unspecified atom stereocenters. The maximum absolute atomic E-state index is 12.6. The number of benzene rings is 1. The minimum Gasteiger partial charge on any atom is -0.383 e. The lowest BCUT2D eigenvalue weighted by molar-refractivity contribution is 0.0937. The number of hydrogen-bond donors (Lipinski definition) is 2. The van der Waals surface area contributed by atoms with E-state index in [1.54, 1.807) is 43.2 Å². The van der Waals surface area contributed by atoms with Gasteiger partial charge in [-0.1, -0.05) is 5.16 Å². The largest absolute Gasteiger partial charge is 0.383 e. The van der Waals surface area contributed by atoms with E-state index in [0.717, 1.165) is 12.8 Å². The van der Waals surface area contributed by atoms with Crippen molar-refractivity contribution in [2.75, 3.05) is 38.7 Å². The molecule has 150 valence electrons. The molecule has 2 aromatic rings. The van der Waals surface area contributed by atoms with Gasteiger partial charge in [0.15, 0.2) is 5.82 Å². The molecule has 0 bridgehead atoms. The molecular formula is C19H25N5O4. The molecule has 1 fully saturated rings. The highest BCUT2D eigenvalue weighted by Gasteiger charge is 2.27. The second-order valence-corrected chi connectivity index (χ2v) is 6.71. The molecule has 0 saturated carbocycles. The first-order valence-electron chi connectivity index (χ1n) is 9.30. The van der Waals surface area contributed by atoms with Gasteiger partial charge >= 0.3 is 6.03 Å². The zero-order valence-electron chi connectivity index (χ0n) is 16.1. The number of hydrogen-bond acceptors (Lipinski definition) is 6. The zero-order valence-corrected chi connectivity index (χ0v) is 16.1. The Morgan fingerprint density at radius 2 is 2.11 bits per heavy atom. The monoisotopic (exact) mass is 387 g/mol. The van der Waals surface area contributed by atoms with Crippen molar-refractivity contribution in [1.29, 1.82) is 0 Å². The van der Waals surface area contributed by atoms with E-state index in [2.05, 4.69) is 20.8 Å². The van der Waals surface area contributed by atoms with Gasteiger partial charge in [0.25, 0.3) is 5.91 Å². The Morgan fingerprint density at radius 1 is 1.32 bits per heavy atom. The van der Waals surface area contributed by atoms with Gasteiger partial charge in [0.05, 0.1) is 6.61 Å². The van der Waals surface area contributed by atoms with Crippen molar-refractivity contribution in [2.45, 2.75) is 25.7 Å². The van der Waals surface area contributed by atoms with Gasteiger partial charge in [-0.3, -0.25) is 4.79 Å². The Bertz CT molecular complexity index is 805. The molecule has 9 nitrogen and oxygen atoms in total. The lowest BCUT2D eigenvalue weighted by Crippen LogP contribution is -2.41. The summed E-state index contributed by atoms with van der Waals surface area (Å²) in [5.41, 5.74) is 1.16. The molecule has 1 aliphatic rings. The lowest BCUT2D eigenvalue weighted by Gasteiger charge is -2.31. The third-order valence-corrected chi connectivity index (χ3v) is 4.61. The SMILES string of the molecule is COCCNC(=O)c1ccc(NC(=O)N2CCC[C@@H](c3noc(C)n3)C2)cc1. The highest BCUT2D eigenvalue weighted by Crippen LogP contribution is 2.25. The van der Waals surface area contributed by atoms with E-state index in [-0.39, 0.29) is 17.9 Å². The van der Waals surface area contributed by atoms with Crippen molar-refractivity contribution in [3.8, 4) is 0 Å². The second-order valence-electron chi connectivity index (χ2n) is 6.71. The third-order valence-electron chi connectivity index (χ3n) is 4.61.